The van der Waals surface area contributed by atoms with E-state index in [0.29, 0.717) is 11.6 Å². The van der Waals surface area contributed by atoms with Gasteiger partial charge in [-0.1, -0.05) is 0 Å². The predicted octanol–water partition coefficient (Wildman–Crippen LogP) is 1.25. The van der Waals surface area contributed by atoms with Crippen LogP contribution in [0.15, 0.2) is 12.1 Å². The first-order chi connectivity index (χ1) is 6.66. The van der Waals surface area contributed by atoms with Crippen LogP contribution in [-0.2, 0) is 0 Å². The zero-order chi connectivity index (χ0) is 10.1. The highest BCUT2D eigenvalue weighted by molar-refractivity contribution is 5.99. The number of anilines is 1. The van der Waals surface area contributed by atoms with Gasteiger partial charge in [0.2, 0.25) is 0 Å². The Morgan fingerprint density at radius 1 is 1.57 bits per heavy atom. The van der Waals surface area contributed by atoms with Crippen molar-refractivity contribution in [2.45, 2.75) is 25.8 Å². The van der Waals surface area contributed by atoms with Crippen LogP contribution >= 0.6 is 0 Å². The molecule has 1 saturated carbocycles. The fourth-order valence-corrected chi connectivity index (χ4v) is 1.31. The quantitative estimate of drug-likeness (QED) is 0.496. The average Bonchev–Trinajstić information content (AvgIpc) is 2.87. The summed E-state index contributed by atoms with van der Waals surface area (Å²) < 4.78 is 0. The summed E-state index contributed by atoms with van der Waals surface area (Å²) in [5, 5.41) is 10.7. The standard InChI is InChI=1S/C10H14N4/c1-6-2-5-8(9(11)12)10(13-6)14-7-3-4-7/h2,5,7H,3-4H2,1H3,(H3,11,12)(H,13,14). The van der Waals surface area contributed by atoms with Crippen molar-refractivity contribution in [3.63, 3.8) is 0 Å². The second kappa shape index (κ2) is 3.29. The van der Waals surface area contributed by atoms with E-state index in [-0.39, 0.29) is 5.84 Å². The maximum absolute atomic E-state index is 7.41. The number of rotatable bonds is 3. The lowest BCUT2D eigenvalue weighted by atomic mass is 10.2. The molecule has 0 atom stereocenters. The number of aromatic nitrogens is 1. The van der Waals surface area contributed by atoms with E-state index in [4.69, 9.17) is 11.1 Å². The molecule has 0 amide bonds. The molecule has 0 aliphatic heterocycles. The summed E-state index contributed by atoms with van der Waals surface area (Å²) in [7, 11) is 0. The van der Waals surface area contributed by atoms with Gasteiger partial charge in [0.25, 0.3) is 0 Å². The molecule has 1 aromatic rings. The lowest BCUT2D eigenvalue weighted by molar-refractivity contribution is 1.08. The van der Waals surface area contributed by atoms with Crippen LogP contribution in [0.1, 0.15) is 24.1 Å². The van der Waals surface area contributed by atoms with Crippen LogP contribution in [0.25, 0.3) is 0 Å². The Bertz CT molecular complexity index is 368. The Morgan fingerprint density at radius 3 is 2.86 bits per heavy atom. The third-order valence-electron chi connectivity index (χ3n) is 2.24. The zero-order valence-corrected chi connectivity index (χ0v) is 8.17. The average molecular weight is 190 g/mol. The monoisotopic (exact) mass is 190 g/mol. The summed E-state index contributed by atoms with van der Waals surface area (Å²) in [6.07, 6.45) is 2.37. The second-order valence-electron chi connectivity index (χ2n) is 3.68. The Morgan fingerprint density at radius 2 is 2.29 bits per heavy atom. The van der Waals surface area contributed by atoms with Crippen LogP contribution in [0.2, 0.25) is 0 Å². The van der Waals surface area contributed by atoms with E-state index in [1.165, 1.54) is 12.8 Å². The molecule has 14 heavy (non-hydrogen) atoms. The molecule has 0 radical (unpaired) electrons. The van der Waals surface area contributed by atoms with E-state index in [0.717, 1.165) is 11.5 Å². The molecular weight excluding hydrogens is 176 g/mol. The number of nitrogens with one attached hydrogen (secondary N) is 2. The molecule has 0 saturated heterocycles. The van der Waals surface area contributed by atoms with E-state index in [9.17, 15) is 0 Å². The summed E-state index contributed by atoms with van der Waals surface area (Å²) >= 11 is 0. The molecule has 74 valence electrons. The number of nitrogens with zero attached hydrogens (tertiary/aromatic N) is 1. The molecule has 0 bridgehead atoms. The summed E-state index contributed by atoms with van der Waals surface area (Å²) in [6, 6.07) is 4.24. The molecule has 1 fully saturated rings. The summed E-state index contributed by atoms with van der Waals surface area (Å²) in [6.45, 7) is 1.93. The highest BCUT2D eigenvalue weighted by atomic mass is 15.0. The van der Waals surface area contributed by atoms with Crippen molar-refractivity contribution in [2.75, 3.05) is 5.32 Å². The van der Waals surface area contributed by atoms with Crippen molar-refractivity contribution in [2.24, 2.45) is 5.73 Å². The van der Waals surface area contributed by atoms with Gasteiger partial charge in [0.05, 0.1) is 5.56 Å². The molecule has 1 aromatic heterocycles. The summed E-state index contributed by atoms with van der Waals surface area (Å²) in [4.78, 5) is 4.34. The number of nitrogen functional groups attached to an aromatic ring is 1. The highest BCUT2D eigenvalue weighted by Crippen LogP contribution is 2.25. The van der Waals surface area contributed by atoms with Gasteiger partial charge in [0.1, 0.15) is 11.7 Å². The number of hydrogen-bond acceptors (Lipinski definition) is 3. The van der Waals surface area contributed by atoms with Gasteiger partial charge in [0, 0.05) is 11.7 Å². The number of nitrogens with two attached hydrogens (primary N) is 1. The van der Waals surface area contributed by atoms with E-state index in [1.807, 2.05) is 19.1 Å². The Hall–Kier alpha value is -1.58. The van der Waals surface area contributed by atoms with Crippen LogP contribution in [-0.4, -0.2) is 16.9 Å². The zero-order valence-electron chi connectivity index (χ0n) is 8.17. The second-order valence-corrected chi connectivity index (χ2v) is 3.68. The van der Waals surface area contributed by atoms with Gasteiger partial charge in [0.15, 0.2) is 0 Å². The molecule has 4 heteroatoms. The molecule has 2 rings (SSSR count). The van der Waals surface area contributed by atoms with Crippen LogP contribution in [0.5, 0.6) is 0 Å². The first-order valence-corrected chi connectivity index (χ1v) is 4.75. The van der Waals surface area contributed by atoms with Gasteiger partial charge in [-0.3, -0.25) is 5.41 Å². The van der Waals surface area contributed by atoms with Crippen molar-refractivity contribution in [1.82, 2.24) is 4.98 Å². The van der Waals surface area contributed by atoms with Crippen molar-refractivity contribution in [3.05, 3.63) is 23.4 Å². The van der Waals surface area contributed by atoms with Crippen molar-refractivity contribution in [3.8, 4) is 0 Å². The first kappa shape index (κ1) is 8.99. The van der Waals surface area contributed by atoms with Crippen LogP contribution in [0, 0.1) is 12.3 Å². The van der Waals surface area contributed by atoms with Gasteiger partial charge in [-0.25, -0.2) is 4.98 Å². The van der Waals surface area contributed by atoms with Crippen LogP contribution < -0.4 is 11.1 Å². The topological polar surface area (TPSA) is 74.8 Å². The molecule has 4 nitrogen and oxygen atoms in total. The Kier molecular flexibility index (Phi) is 2.11. The normalized spacial score (nSPS) is 15.2. The van der Waals surface area contributed by atoms with Crippen LogP contribution in [0.3, 0.4) is 0 Å². The van der Waals surface area contributed by atoms with Crippen molar-refractivity contribution >= 4 is 11.7 Å². The number of amidine groups is 1. The maximum Gasteiger partial charge on any atom is 0.137 e. The highest BCUT2D eigenvalue weighted by Gasteiger charge is 2.22. The Balaban J connectivity index is 2.31. The first-order valence-electron chi connectivity index (χ1n) is 4.75. The fraction of sp³-hybridized carbons (Fsp3) is 0.400. The minimum atomic E-state index is 0.0700. The molecule has 1 aliphatic rings. The third-order valence-corrected chi connectivity index (χ3v) is 2.24. The van der Waals surface area contributed by atoms with E-state index < -0.39 is 0 Å². The minimum Gasteiger partial charge on any atom is -0.384 e. The molecule has 1 heterocycles. The summed E-state index contributed by atoms with van der Waals surface area (Å²) in [5.41, 5.74) is 7.10. The van der Waals surface area contributed by atoms with Gasteiger partial charge >= 0.3 is 0 Å². The molecule has 0 aromatic carbocycles. The lowest BCUT2D eigenvalue weighted by Crippen LogP contribution is -2.16. The molecule has 0 unspecified atom stereocenters. The van der Waals surface area contributed by atoms with Gasteiger partial charge in [-0.2, -0.15) is 0 Å². The molecule has 4 N–H and O–H groups in total. The van der Waals surface area contributed by atoms with Gasteiger partial charge in [-0.05, 0) is 31.9 Å². The Labute approximate surface area is 83.0 Å². The van der Waals surface area contributed by atoms with Gasteiger partial charge < -0.3 is 11.1 Å². The third kappa shape index (κ3) is 1.84. The molecule has 0 spiro atoms. The molecule has 1 aliphatic carbocycles. The van der Waals surface area contributed by atoms with Crippen molar-refractivity contribution in [1.29, 1.82) is 5.41 Å². The largest absolute Gasteiger partial charge is 0.384 e. The predicted molar refractivity (Wildman–Crippen MR) is 56.6 cm³/mol. The number of aryl methyl sites for hydroxylation is 1. The minimum absolute atomic E-state index is 0.0700. The SMILES string of the molecule is Cc1ccc(C(=N)N)c(NC2CC2)n1. The maximum atomic E-state index is 7.41. The van der Waals surface area contributed by atoms with E-state index in [1.54, 1.807) is 0 Å². The van der Waals surface area contributed by atoms with E-state index in [2.05, 4.69) is 10.3 Å². The molecular formula is C10H14N4. The fourth-order valence-electron chi connectivity index (χ4n) is 1.31. The lowest BCUT2D eigenvalue weighted by Gasteiger charge is -2.09. The van der Waals surface area contributed by atoms with Crippen LogP contribution in [0.4, 0.5) is 5.82 Å². The number of pyridine rings is 1. The smallest absolute Gasteiger partial charge is 0.137 e. The van der Waals surface area contributed by atoms with Crippen molar-refractivity contribution < 1.29 is 0 Å². The van der Waals surface area contributed by atoms with Gasteiger partial charge in [-0.15, -0.1) is 0 Å². The number of hydrogen-bond donors (Lipinski definition) is 3. The summed E-state index contributed by atoms with van der Waals surface area (Å²) in [5.74, 6) is 0.820. The van der Waals surface area contributed by atoms with E-state index >= 15 is 0 Å².